The standard InChI is InChI=1S/C20H24BrN3O4S/c1-2-12-29(26,27)24-10-8-17(9-11-24)23-20(25)15-6-7-19(22-14-15)28-18-5-3-4-16(21)13-18/h3-7,13-14,17H,2,8-12H2,1H3,(H,23,25). The Balaban J connectivity index is 1.52. The molecule has 2 heterocycles. The summed E-state index contributed by atoms with van der Waals surface area (Å²) in [6, 6.07) is 10.7. The van der Waals surface area contributed by atoms with Gasteiger partial charge in [-0.15, -0.1) is 0 Å². The molecule has 156 valence electrons. The molecule has 0 radical (unpaired) electrons. The van der Waals surface area contributed by atoms with E-state index in [0.29, 0.717) is 49.5 Å². The number of piperidine rings is 1. The Hall–Kier alpha value is -1.97. The summed E-state index contributed by atoms with van der Waals surface area (Å²) in [5.41, 5.74) is 0.438. The van der Waals surface area contributed by atoms with Crippen LogP contribution in [0.5, 0.6) is 11.6 Å². The second-order valence-corrected chi connectivity index (χ2v) is 9.91. The van der Waals surface area contributed by atoms with Crippen LogP contribution in [0, 0.1) is 0 Å². The number of aromatic nitrogens is 1. The maximum atomic E-state index is 12.5. The minimum absolute atomic E-state index is 0.0480. The van der Waals surface area contributed by atoms with Gasteiger partial charge in [-0.05, 0) is 43.5 Å². The highest BCUT2D eigenvalue weighted by atomic mass is 79.9. The van der Waals surface area contributed by atoms with E-state index in [1.807, 2.05) is 31.2 Å². The van der Waals surface area contributed by atoms with E-state index in [1.165, 1.54) is 10.5 Å². The Bertz CT molecular complexity index is 942. The predicted octanol–water partition coefficient (Wildman–Crippen LogP) is 3.57. The van der Waals surface area contributed by atoms with Crippen LogP contribution in [-0.4, -0.2) is 48.5 Å². The Labute approximate surface area is 179 Å². The first-order valence-corrected chi connectivity index (χ1v) is 12.0. The molecule has 0 spiro atoms. The third-order valence-electron chi connectivity index (χ3n) is 4.66. The highest BCUT2D eigenvalue weighted by molar-refractivity contribution is 9.10. The fourth-order valence-corrected chi connectivity index (χ4v) is 5.08. The summed E-state index contributed by atoms with van der Waals surface area (Å²) < 4.78 is 32.4. The molecule has 9 heteroatoms. The normalized spacial score (nSPS) is 15.8. The van der Waals surface area contributed by atoms with Crippen molar-refractivity contribution >= 4 is 31.9 Å². The smallest absolute Gasteiger partial charge is 0.253 e. The number of halogens is 1. The Morgan fingerprint density at radius 2 is 2.03 bits per heavy atom. The van der Waals surface area contributed by atoms with Crippen LogP contribution in [0.3, 0.4) is 0 Å². The molecule has 2 aromatic rings. The molecule has 1 saturated heterocycles. The zero-order valence-electron chi connectivity index (χ0n) is 16.2. The number of carbonyl (C=O) groups excluding carboxylic acids is 1. The highest BCUT2D eigenvalue weighted by Crippen LogP contribution is 2.23. The molecular formula is C20H24BrN3O4S. The largest absolute Gasteiger partial charge is 0.439 e. The van der Waals surface area contributed by atoms with Crippen molar-refractivity contribution in [2.45, 2.75) is 32.2 Å². The molecule has 1 aliphatic heterocycles. The monoisotopic (exact) mass is 481 g/mol. The summed E-state index contributed by atoms with van der Waals surface area (Å²) in [5, 5.41) is 2.97. The number of ether oxygens (including phenoxy) is 1. The van der Waals surface area contributed by atoms with Gasteiger partial charge in [0.15, 0.2) is 0 Å². The van der Waals surface area contributed by atoms with E-state index in [0.717, 1.165) is 4.47 Å². The topological polar surface area (TPSA) is 88.6 Å². The van der Waals surface area contributed by atoms with Crippen molar-refractivity contribution < 1.29 is 17.9 Å². The molecule has 1 aromatic heterocycles. The Morgan fingerprint density at radius 1 is 1.28 bits per heavy atom. The first kappa shape index (κ1) is 21.7. The number of pyridine rings is 1. The molecule has 29 heavy (non-hydrogen) atoms. The van der Waals surface area contributed by atoms with Gasteiger partial charge < -0.3 is 10.1 Å². The highest BCUT2D eigenvalue weighted by Gasteiger charge is 2.28. The van der Waals surface area contributed by atoms with Crippen molar-refractivity contribution in [2.75, 3.05) is 18.8 Å². The number of hydrogen-bond acceptors (Lipinski definition) is 5. The van der Waals surface area contributed by atoms with E-state index in [2.05, 4.69) is 26.2 Å². The lowest BCUT2D eigenvalue weighted by Gasteiger charge is -2.31. The van der Waals surface area contributed by atoms with Gasteiger partial charge in [0, 0.05) is 35.9 Å². The average molecular weight is 482 g/mol. The van der Waals surface area contributed by atoms with Crippen molar-refractivity contribution in [3.8, 4) is 11.6 Å². The third kappa shape index (κ3) is 6.01. The number of benzene rings is 1. The molecule has 0 aliphatic carbocycles. The summed E-state index contributed by atoms with van der Waals surface area (Å²) in [4.78, 5) is 16.7. The average Bonchev–Trinajstić information content (AvgIpc) is 2.69. The van der Waals surface area contributed by atoms with Gasteiger partial charge in [0.05, 0.1) is 11.3 Å². The van der Waals surface area contributed by atoms with Crippen molar-refractivity contribution in [3.63, 3.8) is 0 Å². The molecule has 3 rings (SSSR count). The van der Waals surface area contributed by atoms with Crippen LogP contribution in [-0.2, 0) is 10.0 Å². The molecule has 0 unspecified atom stereocenters. The van der Waals surface area contributed by atoms with E-state index < -0.39 is 10.0 Å². The summed E-state index contributed by atoms with van der Waals surface area (Å²) >= 11 is 3.39. The van der Waals surface area contributed by atoms with Gasteiger partial charge in [-0.2, -0.15) is 0 Å². The van der Waals surface area contributed by atoms with E-state index >= 15 is 0 Å². The van der Waals surface area contributed by atoms with Gasteiger partial charge in [-0.25, -0.2) is 17.7 Å². The first-order chi connectivity index (χ1) is 13.9. The van der Waals surface area contributed by atoms with Crippen LogP contribution in [0.15, 0.2) is 47.1 Å². The summed E-state index contributed by atoms with van der Waals surface area (Å²) in [6.07, 6.45) is 3.29. The summed E-state index contributed by atoms with van der Waals surface area (Å²) in [5.74, 6) is 0.994. The molecule has 1 fully saturated rings. The molecule has 1 amide bonds. The zero-order chi connectivity index (χ0) is 20.9. The number of nitrogens with one attached hydrogen (secondary N) is 1. The SMILES string of the molecule is CCCS(=O)(=O)N1CCC(NC(=O)c2ccc(Oc3cccc(Br)c3)nc2)CC1. The van der Waals surface area contributed by atoms with E-state index in [-0.39, 0.29) is 17.7 Å². The Kier molecular flexibility index (Phi) is 7.26. The van der Waals surface area contributed by atoms with Gasteiger partial charge in [-0.1, -0.05) is 28.9 Å². The summed E-state index contributed by atoms with van der Waals surface area (Å²) in [7, 11) is -3.18. The number of carbonyl (C=O) groups is 1. The van der Waals surface area contributed by atoms with Gasteiger partial charge in [0.1, 0.15) is 5.75 Å². The van der Waals surface area contributed by atoms with Crippen LogP contribution < -0.4 is 10.1 Å². The molecule has 7 nitrogen and oxygen atoms in total. The molecule has 1 aromatic carbocycles. The van der Waals surface area contributed by atoms with E-state index in [4.69, 9.17) is 4.74 Å². The van der Waals surface area contributed by atoms with Gasteiger partial charge >= 0.3 is 0 Å². The number of nitrogens with zero attached hydrogens (tertiary/aromatic N) is 2. The van der Waals surface area contributed by atoms with Gasteiger partial charge in [-0.3, -0.25) is 4.79 Å². The molecule has 0 saturated carbocycles. The van der Waals surface area contributed by atoms with Gasteiger partial charge in [0.2, 0.25) is 15.9 Å². The van der Waals surface area contributed by atoms with Crippen LogP contribution in [0.4, 0.5) is 0 Å². The lowest BCUT2D eigenvalue weighted by molar-refractivity contribution is 0.0923. The third-order valence-corrected chi connectivity index (χ3v) is 7.23. The second-order valence-electron chi connectivity index (χ2n) is 6.91. The number of sulfonamides is 1. The minimum Gasteiger partial charge on any atom is -0.439 e. The number of amides is 1. The molecule has 0 bridgehead atoms. The minimum atomic E-state index is -3.18. The predicted molar refractivity (Wildman–Crippen MR) is 115 cm³/mol. The Morgan fingerprint density at radius 3 is 2.66 bits per heavy atom. The molecule has 1 N–H and O–H groups in total. The van der Waals surface area contributed by atoms with Crippen LogP contribution >= 0.6 is 15.9 Å². The van der Waals surface area contributed by atoms with Crippen molar-refractivity contribution in [3.05, 3.63) is 52.6 Å². The zero-order valence-corrected chi connectivity index (χ0v) is 18.6. The van der Waals surface area contributed by atoms with E-state index in [9.17, 15) is 13.2 Å². The fourth-order valence-electron chi connectivity index (χ4n) is 3.16. The van der Waals surface area contributed by atoms with Crippen molar-refractivity contribution in [1.82, 2.24) is 14.6 Å². The number of hydrogen-bond donors (Lipinski definition) is 1. The molecular weight excluding hydrogens is 458 g/mol. The number of rotatable bonds is 7. The van der Waals surface area contributed by atoms with Crippen molar-refractivity contribution in [2.24, 2.45) is 0 Å². The quantitative estimate of drug-likeness (QED) is 0.652. The lowest BCUT2D eigenvalue weighted by Crippen LogP contribution is -2.47. The molecule has 0 atom stereocenters. The maximum absolute atomic E-state index is 12.5. The fraction of sp³-hybridized carbons (Fsp3) is 0.400. The van der Waals surface area contributed by atoms with E-state index in [1.54, 1.807) is 12.1 Å². The van der Waals surface area contributed by atoms with Crippen LogP contribution in [0.1, 0.15) is 36.5 Å². The molecule has 1 aliphatic rings. The maximum Gasteiger partial charge on any atom is 0.253 e. The van der Waals surface area contributed by atoms with Crippen molar-refractivity contribution in [1.29, 1.82) is 0 Å². The first-order valence-electron chi connectivity index (χ1n) is 9.55. The van der Waals surface area contributed by atoms with Gasteiger partial charge in [0.25, 0.3) is 5.91 Å². The summed E-state index contributed by atoms with van der Waals surface area (Å²) in [6.45, 7) is 2.73. The van der Waals surface area contributed by atoms with Crippen LogP contribution in [0.2, 0.25) is 0 Å². The lowest BCUT2D eigenvalue weighted by atomic mass is 10.1. The second kappa shape index (κ2) is 9.69. The van der Waals surface area contributed by atoms with Crippen LogP contribution in [0.25, 0.3) is 0 Å².